The molecule has 1 saturated carbocycles. The van der Waals surface area contributed by atoms with Crippen LogP contribution in [-0.2, 0) is 4.74 Å². The van der Waals surface area contributed by atoms with E-state index in [-0.39, 0.29) is 29.8 Å². The predicted molar refractivity (Wildman–Crippen MR) is 92.2 cm³/mol. The number of benzene rings is 1. The first-order valence-electron chi connectivity index (χ1n) is 9.18. The van der Waals surface area contributed by atoms with E-state index >= 15 is 0 Å². The van der Waals surface area contributed by atoms with Crippen molar-refractivity contribution in [1.29, 1.82) is 0 Å². The smallest absolute Gasteiger partial charge is 0.254 e. The van der Waals surface area contributed by atoms with Gasteiger partial charge in [-0.1, -0.05) is 6.42 Å². The average molecular weight is 348 g/mol. The van der Waals surface area contributed by atoms with Crippen LogP contribution in [0.15, 0.2) is 18.2 Å². The molecule has 3 fully saturated rings. The lowest BCUT2D eigenvalue weighted by Gasteiger charge is -2.31. The predicted octanol–water partition coefficient (Wildman–Crippen LogP) is 2.04. The van der Waals surface area contributed by atoms with Gasteiger partial charge in [0.25, 0.3) is 5.91 Å². The largest absolute Gasteiger partial charge is 0.396 e. The van der Waals surface area contributed by atoms with Crippen LogP contribution < -0.4 is 4.90 Å². The Labute approximate surface area is 147 Å². The van der Waals surface area contributed by atoms with Gasteiger partial charge in [-0.2, -0.15) is 0 Å². The number of halogens is 1. The number of carbonyl (C=O) groups is 1. The van der Waals surface area contributed by atoms with Crippen molar-refractivity contribution in [2.45, 2.75) is 31.7 Å². The molecule has 1 N–H and O–H groups in total. The summed E-state index contributed by atoms with van der Waals surface area (Å²) in [7, 11) is 0. The molecule has 0 unspecified atom stereocenters. The molecule has 1 aromatic rings. The zero-order chi connectivity index (χ0) is 17.4. The minimum absolute atomic E-state index is 0.0834. The summed E-state index contributed by atoms with van der Waals surface area (Å²) >= 11 is 0. The number of fused-ring (bicyclic) bond motifs is 1. The topological polar surface area (TPSA) is 53.0 Å². The van der Waals surface area contributed by atoms with Gasteiger partial charge in [0.2, 0.25) is 0 Å². The van der Waals surface area contributed by atoms with E-state index in [4.69, 9.17) is 4.74 Å². The number of aliphatic hydroxyl groups excluding tert-OH is 1. The summed E-state index contributed by atoms with van der Waals surface area (Å²) in [5.74, 6) is -0.498. The molecule has 2 aliphatic heterocycles. The second-order valence-corrected chi connectivity index (χ2v) is 7.47. The fourth-order valence-electron chi connectivity index (χ4n) is 4.77. The molecule has 0 spiro atoms. The fraction of sp³-hybridized carbons (Fsp3) is 0.632. The quantitative estimate of drug-likeness (QED) is 0.908. The first-order valence-corrected chi connectivity index (χ1v) is 9.18. The van der Waals surface area contributed by atoms with Gasteiger partial charge >= 0.3 is 0 Å². The van der Waals surface area contributed by atoms with Crippen molar-refractivity contribution in [2.75, 3.05) is 44.4 Å². The number of ether oxygens (including phenoxy) is 1. The lowest BCUT2D eigenvalue weighted by Crippen LogP contribution is -2.41. The Morgan fingerprint density at radius 2 is 2.04 bits per heavy atom. The first kappa shape index (κ1) is 16.8. The number of morpholine rings is 1. The molecule has 4 rings (SSSR count). The molecule has 25 heavy (non-hydrogen) atoms. The minimum Gasteiger partial charge on any atom is -0.396 e. The highest BCUT2D eigenvalue weighted by molar-refractivity contribution is 5.95. The van der Waals surface area contributed by atoms with E-state index in [1.807, 2.05) is 4.90 Å². The van der Waals surface area contributed by atoms with Crippen LogP contribution in [0, 0.1) is 11.2 Å². The average Bonchev–Trinajstić information content (AvgIpc) is 3.20. The molecule has 0 aromatic heterocycles. The van der Waals surface area contributed by atoms with E-state index < -0.39 is 0 Å². The molecule has 2 atom stereocenters. The molecule has 0 radical (unpaired) electrons. The molecule has 3 aliphatic rings. The van der Waals surface area contributed by atoms with Crippen molar-refractivity contribution < 1.29 is 19.0 Å². The summed E-state index contributed by atoms with van der Waals surface area (Å²) in [6, 6.07) is 4.70. The fourth-order valence-corrected chi connectivity index (χ4v) is 4.77. The zero-order valence-corrected chi connectivity index (χ0v) is 14.4. The number of anilines is 1. The molecule has 1 aliphatic carbocycles. The number of hydrogen-bond donors (Lipinski definition) is 1. The second kappa shape index (κ2) is 6.57. The van der Waals surface area contributed by atoms with Gasteiger partial charge in [-0.3, -0.25) is 4.79 Å². The van der Waals surface area contributed by atoms with Crippen LogP contribution in [-0.4, -0.2) is 61.4 Å². The van der Waals surface area contributed by atoms with Crippen LogP contribution in [0.4, 0.5) is 10.1 Å². The van der Waals surface area contributed by atoms with E-state index in [1.54, 1.807) is 6.07 Å². The number of nitrogens with zero attached hydrogens (tertiary/aromatic N) is 2. The van der Waals surface area contributed by atoms with E-state index in [1.165, 1.54) is 12.1 Å². The van der Waals surface area contributed by atoms with Gasteiger partial charge in [-0.05, 0) is 37.5 Å². The maximum atomic E-state index is 14.2. The van der Waals surface area contributed by atoms with Gasteiger partial charge in [0.15, 0.2) is 0 Å². The molecule has 0 bridgehead atoms. The van der Waals surface area contributed by atoms with Gasteiger partial charge in [0.05, 0.1) is 19.8 Å². The normalized spacial score (nSPS) is 29.1. The van der Waals surface area contributed by atoms with E-state index in [0.717, 1.165) is 31.4 Å². The van der Waals surface area contributed by atoms with Crippen molar-refractivity contribution in [3.05, 3.63) is 29.6 Å². The lowest BCUT2D eigenvalue weighted by atomic mass is 9.83. The molecule has 1 aromatic carbocycles. The van der Waals surface area contributed by atoms with Gasteiger partial charge in [0.1, 0.15) is 5.82 Å². The highest BCUT2D eigenvalue weighted by Gasteiger charge is 2.51. The lowest BCUT2D eigenvalue weighted by molar-refractivity contribution is 0.0624. The third-order valence-corrected chi connectivity index (χ3v) is 6.17. The van der Waals surface area contributed by atoms with Gasteiger partial charge in [0, 0.05) is 42.3 Å². The van der Waals surface area contributed by atoms with Crippen molar-refractivity contribution in [2.24, 2.45) is 5.41 Å². The molecule has 6 heteroatoms. The van der Waals surface area contributed by atoms with Crippen LogP contribution >= 0.6 is 0 Å². The summed E-state index contributed by atoms with van der Waals surface area (Å²) in [5.41, 5.74) is 1.00. The molecule has 136 valence electrons. The zero-order valence-electron chi connectivity index (χ0n) is 14.4. The van der Waals surface area contributed by atoms with E-state index in [2.05, 4.69) is 4.90 Å². The monoisotopic (exact) mass is 348 g/mol. The molecule has 2 heterocycles. The highest BCUT2D eigenvalue weighted by Crippen LogP contribution is 2.48. The number of amides is 1. The summed E-state index contributed by atoms with van der Waals surface area (Å²) in [6.45, 7) is 3.42. The SMILES string of the molecule is O=C(c1cc(F)cc(N2CCOCC2)c1)N1CC[C@@]2(CO)CCC[C@@H]12. The Hall–Kier alpha value is -1.66. The molecule has 1 amide bonds. The maximum Gasteiger partial charge on any atom is 0.254 e. The maximum absolute atomic E-state index is 14.2. The summed E-state index contributed by atoms with van der Waals surface area (Å²) in [6.07, 6.45) is 3.78. The number of aliphatic hydroxyl groups is 1. The highest BCUT2D eigenvalue weighted by atomic mass is 19.1. The van der Waals surface area contributed by atoms with Crippen LogP contribution in [0.5, 0.6) is 0 Å². The minimum atomic E-state index is -0.383. The summed E-state index contributed by atoms with van der Waals surface area (Å²) in [5, 5.41) is 9.84. The summed E-state index contributed by atoms with van der Waals surface area (Å²) in [4.78, 5) is 17.0. The Morgan fingerprint density at radius 1 is 1.24 bits per heavy atom. The third-order valence-electron chi connectivity index (χ3n) is 6.17. The molecular weight excluding hydrogens is 323 g/mol. The van der Waals surface area contributed by atoms with E-state index in [0.29, 0.717) is 38.4 Å². The molecule has 5 nitrogen and oxygen atoms in total. The van der Waals surface area contributed by atoms with Crippen molar-refractivity contribution in [1.82, 2.24) is 4.90 Å². The number of rotatable bonds is 3. The van der Waals surface area contributed by atoms with Crippen molar-refractivity contribution in [3.63, 3.8) is 0 Å². The Kier molecular flexibility index (Phi) is 4.41. The Bertz CT molecular complexity index is 662. The van der Waals surface area contributed by atoms with E-state index in [9.17, 15) is 14.3 Å². The second-order valence-electron chi connectivity index (χ2n) is 7.47. The van der Waals surface area contributed by atoms with Crippen LogP contribution in [0.1, 0.15) is 36.0 Å². The number of likely N-dealkylation sites (tertiary alicyclic amines) is 1. The standard InChI is InChI=1S/C19H25FN2O3/c20-15-10-14(11-16(12-15)21-6-8-25-9-7-21)18(24)22-5-4-19(13-23)3-1-2-17(19)22/h10-12,17,23H,1-9,13H2/t17-,19-/m1/s1. The molecular formula is C19H25FN2O3. The van der Waals surface area contributed by atoms with Crippen molar-refractivity contribution >= 4 is 11.6 Å². The Morgan fingerprint density at radius 3 is 2.80 bits per heavy atom. The van der Waals surface area contributed by atoms with Gasteiger partial charge in [-0.25, -0.2) is 4.39 Å². The first-order chi connectivity index (χ1) is 12.1. The van der Waals surface area contributed by atoms with Crippen LogP contribution in [0.25, 0.3) is 0 Å². The number of hydrogen-bond acceptors (Lipinski definition) is 4. The van der Waals surface area contributed by atoms with Crippen LogP contribution in [0.3, 0.4) is 0 Å². The van der Waals surface area contributed by atoms with Crippen molar-refractivity contribution in [3.8, 4) is 0 Å². The Balaban J connectivity index is 1.59. The van der Waals surface area contributed by atoms with Gasteiger partial charge in [-0.15, -0.1) is 0 Å². The van der Waals surface area contributed by atoms with Crippen LogP contribution in [0.2, 0.25) is 0 Å². The third kappa shape index (κ3) is 2.91. The number of carbonyl (C=O) groups excluding carboxylic acids is 1. The molecule has 2 saturated heterocycles. The van der Waals surface area contributed by atoms with Gasteiger partial charge < -0.3 is 19.6 Å². The summed E-state index contributed by atoms with van der Waals surface area (Å²) < 4.78 is 19.5.